The summed E-state index contributed by atoms with van der Waals surface area (Å²) < 4.78 is 26.2. The van der Waals surface area contributed by atoms with Crippen molar-refractivity contribution in [1.29, 1.82) is 0 Å². The monoisotopic (exact) mass is 314 g/mol. The van der Waals surface area contributed by atoms with Crippen LogP contribution in [0.5, 0.6) is 0 Å². The van der Waals surface area contributed by atoms with Crippen molar-refractivity contribution in [2.75, 3.05) is 18.4 Å². The summed E-state index contributed by atoms with van der Waals surface area (Å²) in [6.45, 7) is 4.39. The van der Waals surface area contributed by atoms with E-state index in [-0.39, 0.29) is 15.6 Å². The molecule has 1 amide bonds. The molecule has 108 valence electrons. The molecule has 2 rings (SSSR count). The molecule has 5 nitrogen and oxygen atoms in total. The van der Waals surface area contributed by atoms with Crippen molar-refractivity contribution in [3.63, 3.8) is 0 Å². The lowest BCUT2D eigenvalue weighted by Crippen LogP contribution is -2.27. The Kier molecular flexibility index (Phi) is 4.47. The molecule has 0 spiro atoms. The molecule has 1 fully saturated rings. The van der Waals surface area contributed by atoms with Crippen LogP contribution in [0.15, 0.2) is 35.7 Å². The molecule has 1 heterocycles. The summed E-state index contributed by atoms with van der Waals surface area (Å²) >= 11 is 5.95. The van der Waals surface area contributed by atoms with Crippen molar-refractivity contribution in [2.45, 2.75) is 17.7 Å². The molecule has 1 aliphatic rings. The first kappa shape index (κ1) is 15.0. The first-order chi connectivity index (χ1) is 9.45. The molecule has 1 aromatic carbocycles. The Morgan fingerprint density at radius 1 is 1.35 bits per heavy atom. The lowest BCUT2D eigenvalue weighted by atomic mass is 10.3. The molecule has 0 atom stereocenters. The molecule has 0 radical (unpaired) electrons. The van der Waals surface area contributed by atoms with Gasteiger partial charge in [-0.2, -0.15) is 4.31 Å². The van der Waals surface area contributed by atoms with Crippen LogP contribution < -0.4 is 5.32 Å². The highest BCUT2D eigenvalue weighted by Crippen LogP contribution is 2.28. The number of hydrogen-bond acceptors (Lipinski definition) is 3. The molecular formula is C13H15ClN2O3S. The summed E-state index contributed by atoms with van der Waals surface area (Å²) in [4.78, 5) is 11.4. The number of halogens is 1. The normalized spacial score (nSPS) is 16.1. The van der Waals surface area contributed by atoms with Gasteiger partial charge in [-0.1, -0.05) is 18.2 Å². The van der Waals surface area contributed by atoms with Crippen LogP contribution in [0.2, 0.25) is 5.02 Å². The van der Waals surface area contributed by atoms with E-state index in [4.69, 9.17) is 11.6 Å². The zero-order valence-electron chi connectivity index (χ0n) is 10.8. The van der Waals surface area contributed by atoms with Gasteiger partial charge in [0.05, 0.1) is 15.6 Å². The SMILES string of the molecule is C=CC(=O)Nc1cc(S(=O)(=O)N2CCCC2)ccc1Cl. The second-order valence-corrected chi connectivity index (χ2v) is 6.79. The standard InChI is InChI=1S/C13H15ClN2O3S/c1-2-13(17)15-12-9-10(5-6-11(12)14)20(18,19)16-7-3-4-8-16/h2,5-6,9H,1,3-4,7-8H2,(H,15,17). The molecule has 0 saturated carbocycles. The molecule has 0 aromatic heterocycles. The van der Waals surface area contributed by atoms with Crippen LogP contribution in [0.1, 0.15) is 12.8 Å². The average Bonchev–Trinajstić information content (AvgIpc) is 2.95. The van der Waals surface area contributed by atoms with Crippen molar-refractivity contribution in [3.8, 4) is 0 Å². The zero-order valence-corrected chi connectivity index (χ0v) is 12.4. The maximum absolute atomic E-state index is 12.4. The number of rotatable bonds is 4. The zero-order chi connectivity index (χ0) is 14.8. The van der Waals surface area contributed by atoms with Gasteiger partial charge in [0.25, 0.3) is 0 Å². The largest absolute Gasteiger partial charge is 0.321 e. The van der Waals surface area contributed by atoms with Crippen molar-refractivity contribution in [2.24, 2.45) is 0 Å². The van der Waals surface area contributed by atoms with Gasteiger partial charge >= 0.3 is 0 Å². The van der Waals surface area contributed by atoms with Gasteiger partial charge in [-0.05, 0) is 37.1 Å². The Bertz CT molecular complexity index is 637. The van der Waals surface area contributed by atoms with E-state index in [2.05, 4.69) is 11.9 Å². The van der Waals surface area contributed by atoms with Gasteiger partial charge in [0.15, 0.2) is 0 Å². The van der Waals surface area contributed by atoms with Crippen LogP contribution in [0.25, 0.3) is 0 Å². The summed E-state index contributed by atoms with van der Waals surface area (Å²) in [5.74, 6) is -0.442. The number of amides is 1. The molecule has 0 bridgehead atoms. The number of carbonyl (C=O) groups is 1. The van der Waals surface area contributed by atoms with E-state index >= 15 is 0 Å². The lowest BCUT2D eigenvalue weighted by Gasteiger charge is -2.16. The molecule has 20 heavy (non-hydrogen) atoms. The van der Waals surface area contributed by atoms with Crippen LogP contribution >= 0.6 is 11.6 Å². The predicted octanol–water partition coefficient (Wildman–Crippen LogP) is 2.25. The minimum atomic E-state index is -3.52. The van der Waals surface area contributed by atoms with E-state index in [1.54, 1.807) is 0 Å². The quantitative estimate of drug-likeness (QED) is 0.867. The molecular weight excluding hydrogens is 300 g/mol. The molecule has 0 aliphatic carbocycles. The summed E-state index contributed by atoms with van der Waals surface area (Å²) in [6.07, 6.45) is 2.83. The Balaban J connectivity index is 2.35. The summed E-state index contributed by atoms with van der Waals surface area (Å²) in [5.41, 5.74) is 0.261. The molecule has 1 N–H and O–H groups in total. The summed E-state index contributed by atoms with van der Waals surface area (Å²) in [6, 6.07) is 4.28. The van der Waals surface area contributed by atoms with Gasteiger partial charge in [-0.3, -0.25) is 4.79 Å². The Labute approximate surface area is 123 Å². The van der Waals surface area contributed by atoms with Crippen LogP contribution in [0, 0.1) is 0 Å². The maximum Gasteiger partial charge on any atom is 0.247 e. The second kappa shape index (κ2) is 5.95. The van der Waals surface area contributed by atoms with Crippen LogP contribution in [-0.2, 0) is 14.8 Å². The number of nitrogens with zero attached hydrogens (tertiary/aromatic N) is 1. The molecule has 1 aliphatic heterocycles. The van der Waals surface area contributed by atoms with E-state index in [9.17, 15) is 13.2 Å². The van der Waals surface area contributed by atoms with E-state index < -0.39 is 15.9 Å². The number of nitrogens with one attached hydrogen (secondary N) is 1. The van der Waals surface area contributed by atoms with Crippen molar-refractivity contribution in [1.82, 2.24) is 4.31 Å². The van der Waals surface area contributed by atoms with Crippen molar-refractivity contribution >= 4 is 33.2 Å². The fourth-order valence-electron chi connectivity index (χ4n) is 2.02. The second-order valence-electron chi connectivity index (χ2n) is 4.45. The van der Waals surface area contributed by atoms with Crippen LogP contribution in [0.4, 0.5) is 5.69 Å². The van der Waals surface area contributed by atoms with Crippen molar-refractivity contribution in [3.05, 3.63) is 35.9 Å². The molecule has 7 heteroatoms. The van der Waals surface area contributed by atoms with E-state index in [1.165, 1.54) is 22.5 Å². The van der Waals surface area contributed by atoms with Gasteiger partial charge in [0, 0.05) is 13.1 Å². The van der Waals surface area contributed by atoms with E-state index in [0.717, 1.165) is 18.9 Å². The highest BCUT2D eigenvalue weighted by molar-refractivity contribution is 7.89. The minimum Gasteiger partial charge on any atom is -0.321 e. The number of carbonyl (C=O) groups excluding carboxylic acids is 1. The van der Waals surface area contributed by atoms with Gasteiger partial charge in [0.1, 0.15) is 0 Å². The topological polar surface area (TPSA) is 66.5 Å². The van der Waals surface area contributed by atoms with Gasteiger partial charge in [0.2, 0.25) is 15.9 Å². The average molecular weight is 315 g/mol. The molecule has 0 unspecified atom stereocenters. The lowest BCUT2D eigenvalue weighted by molar-refractivity contribution is -0.111. The third kappa shape index (κ3) is 3.03. The fraction of sp³-hybridized carbons (Fsp3) is 0.308. The number of benzene rings is 1. The Morgan fingerprint density at radius 3 is 2.60 bits per heavy atom. The van der Waals surface area contributed by atoms with Gasteiger partial charge in [-0.15, -0.1) is 0 Å². The highest BCUT2D eigenvalue weighted by Gasteiger charge is 2.27. The van der Waals surface area contributed by atoms with Gasteiger partial charge < -0.3 is 5.32 Å². The third-order valence-corrected chi connectivity index (χ3v) is 5.31. The number of anilines is 1. The van der Waals surface area contributed by atoms with E-state index in [1.807, 2.05) is 0 Å². The third-order valence-electron chi connectivity index (χ3n) is 3.08. The first-order valence-corrected chi connectivity index (χ1v) is 8.00. The van der Waals surface area contributed by atoms with Crippen LogP contribution in [0.3, 0.4) is 0 Å². The summed E-state index contributed by atoms with van der Waals surface area (Å²) in [5, 5.41) is 2.77. The Hall–Kier alpha value is -1.37. The Morgan fingerprint density at radius 2 is 2.00 bits per heavy atom. The number of hydrogen-bond donors (Lipinski definition) is 1. The minimum absolute atomic E-state index is 0.128. The molecule has 1 aromatic rings. The maximum atomic E-state index is 12.4. The molecule has 1 saturated heterocycles. The van der Waals surface area contributed by atoms with E-state index in [0.29, 0.717) is 13.1 Å². The smallest absolute Gasteiger partial charge is 0.247 e. The fourth-order valence-corrected chi connectivity index (χ4v) is 3.73. The predicted molar refractivity (Wildman–Crippen MR) is 78.3 cm³/mol. The summed E-state index contributed by atoms with van der Waals surface area (Å²) in [7, 11) is -3.52. The number of sulfonamides is 1. The van der Waals surface area contributed by atoms with Crippen molar-refractivity contribution < 1.29 is 13.2 Å². The van der Waals surface area contributed by atoms with Crippen LogP contribution in [-0.4, -0.2) is 31.7 Å². The first-order valence-electron chi connectivity index (χ1n) is 6.18. The van der Waals surface area contributed by atoms with Gasteiger partial charge in [-0.25, -0.2) is 8.42 Å². The highest BCUT2D eigenvalue weighted by atomic mass is 35.5.